The van der Waals surface area contributed by atoms with E-state index in [0.29, 0.717) is 22.5 Å². The van der Waals surface area contributed by atoms with Crippen LogP contribution < -0.4 is 10.1 Å². The molecule has 0 unspecified atom stereocenters. The van der Waals surface area contributed by atoms with E-state index in [0.717, 1.165) is 0 Å². The number of nitrogens with zero attached hydrogens (tertiary/aromatic N) is 4. The number of pyridine rings is 1. The van der Waals surface area contributed by atoms with Crippen molar-refractivity contribution in [2.75, 3.05) is 5.32 Å². The zero-order valence-corrected chi connectivity index (χ0v) is 15.0. The van der Waals surface area contributed by atoms with Crippen LogP contribution in [0.4, 0.5) is 24.8 Å². The number of anilines is 2. The van der Waals surface area contributed by atoms with E-state index < -0.39 is 12.3 Å². The highest BCUT2D eigenvalue weighted by atomic mass is 19.4. The van der Waals surface area contributed by atoms with Crippen LogP contribution in [0.3, 0.4) is 0 Å². The molecule has 30 heavy (non-hydrogen) atoms. The first-order valence-corrected chi connectivity index (χ1v) is 8.46. The SMILES string of the molecule is O=C(O)c1ccc(Nc2nc(-c3ccc(OC(F)(F)F)cc3)c3cccn3n2)cn1. The van der Waals surface area contributed by atoms with Gasteiger partial charge in [0.05, 0.1) is 17.4 Å². The Kier molecular flexibility index (Phi) is 4.70. The average Bonchev–Trinajstić information content (AvgIpc) is 3.16. The summed E-state index contributed by atoms with van der Waals surface area (Å²) in [6.45, 7) is 0. The van der Waals surface area contributed by atoms with E-state index in [1.54, 1.807) is 22.8 Å². The number of ether oxygens (including phenoxy) is 1. The molecule has 3 aromatic heterocycles. The Morgan fingerprint density at radius 3 is 2.50 bits per heavy atom. The van der Waals surface area contributed by atoms with Crippen LogP contribution >= 0.6 is 0 Å². The normalized spacial score (nSPS) is 11.4. The Bertz CT molecular complexity index is 1210. The number of aromatic carboxylic acids is 1. The van der Waals surface area contributed by atoms with Crippen LogP contribution in [0.25, 0.3) is 16.8 Å². The summed E-state index contributed by atoms with van der Waals surface area (Å²) in [6, 6.07) is 11.7. The van der Waals surface area contributed by atoms with Crippen molar-refractivity contribution in [3.63, 3.8) is 0 Å². The molecule has 0 radical (unpaired) electrons. The Balaban J connectivity index is 1.67. The number of hydrogen-bond acceptors (Lipinski definition) is 6. The Morgan fingerprint density at radius 1 is 1.10 bits per heavy atom. The quantitative estimate of drug-likeness (QED) is 0.505. The van der Waals surface area contributed by atoms with E-state index in [4.69, 9.17) is 5.11 Å². The van der Waals surface area contributed by atoms with Crippen molar-refractivity contribution in [2.24, 2.45) is 0 Å². The van der Waals surface area contributed by atoms with E-state index in [9.17, 15) is 18.0 Å². The molecule has 0 aliphatic carbocycles. The Morgan fingerprint density at radius 2 is 1.87 bits per heavy atom. The largest absolute Gasteiger partial charge is 0.573 e. The van der Waals surface area contributed by atoms with E-state index in [2.05, 4.69) is 25.1 Å². The number of alkyl halides is 3. The summed E-state index contributed by atoms with van der Waals surface area (Å²) in [5.74, 6) is -1.30. The lowest BCUT2D eigenvalue weighted by molar-refractivity contribution is -0.274. The molecule has 0 spiro atoms. The second-order valence-corrected chi connectivity index (χ2v) is 6.06. The van der Waals surface area contributed by atoms with Gasteiger partial charge in [-0.25, -0.2) is 19.3 Å². The van der Waals surface area contributed by atoms with Crippen molar-refractivity contribution < 1.29 is 27.8 Å². The fourth-order valence-electron chi connectivity index (χ4n) is 2.74. The van der Waals surface area contributed by atoms with Crippen LogP contribution in [0, 0.1) is 0 Å². The van der Waals surface area contributed by atoms with Gasteiger partial charge < -0.3 is 15.2 Å². The molecule has 0 atom stereocenters. The topological polar surface area (TPSA) is 102 Å². The summed E-state index contributed by atoms with van der Waals surface area (Å²) in [5, 5.41) is 16.2. The molecule has 0 fully saturated rings. The van der Waals surface area contributed by atoms with Gasteiger partial charge in [0.25, 0.3) is 0 Å². The molecule has 0 amide bonds. The zero-order valence-electron chi connectivity index (χ0n) is 15.0. The second kappa shape index (κ2) is 7.35. The lowest BCUT2D eigenvalue weighted by Gasteiger charge is -2.11. The van der Waals surface area contributed by atoms with E-state index >= 15 is 0 Å². The molecule has 2 N–H and O–H groups in total. The molecule has 3 heterocycles. The lowest BCUT2D eigenvalue weighted by Crippen LogP contribution is -2.16. The third-order valence-corrected chi connectivity index (χ3v) is 3.99. The Labute approximate surface area is 166 Å². The average molecular weight is 415 g/mol. The van der Waals surface area contributed by atoms with E-state index in [1.807, 2.05) is 0 Å². The van der Waals surface area contributed by atoms with Crippen molar-refractivity contribution in [3.05, 3.63) is 66.6 Å². The van der Waals surface area contributed by atoms with Gasteiger partial charge in [0, 0.05) is 11.8 Å². The predicted octanol–water partition coefficient (Wildman–Crippen LogP) is 4.13. The first kappa shape index (κ1) is 19.2. The van der Waals surface area contributed by atoms with Gasteiger partial charge in [-0.3, -0.25) is 0 Å². The molecule has 11 heteroatoms. The number of benzene rings is 1. The highest BCUT2D eigenvalue weighted by Crippen LogP contribution is 2.28. The van der Waals surface area contributed by atoms with Crippen LogP contribution in [0.2, 0.25) is 0 Å². The predicted molar refractivity (Wildman–Crippen MR) is 99.6 cm³/mol. The molecule has 0 aliphatic heterocycles. The van der Waals surface area contributed by atoms with Crippen molar-refractivity contribution in [3.8, 4) is 17.0 Å². The van der Waals surface area contributed by atoms with Gasteiger partial charge in [0.15, 0.2) is 0 Å². The maximum Gasteiger partial charge on any atom is 0.573 e. The van der Waals surface area contributed by atoms with Gasteiger partial charge in [0.2, 0.25) is 5.95 Å². The van der Waals surface area contributed by atoms with Crippen molar-refractivity contribution >= 4 is 23.1 Å². The molecule has 4 aromatic rings. The molecule has 0 bridgehead atoms. The molecule has 0 saturated heterocycles. The second-order valence-electron chi connectivity index (χ2n) is 6.06. The first-order valence-electron chi connectivity index (χ1n) is 8.46. The van der Waals surface area contributed by atoms with Gasteiger partial charge in [-0.2, -0.15) is 0 Å². The smallest absolute Gasteiger partial charge is 0.477 e. The third kappa shape index (κ3) is 4.14. The number of hydrogen-bond donors (Lipinski definition) is 2. The third-order valence-electron chi connectivity index (χ3n) is 3.99. The van der Waals surface area contributed by atoms with Crippen LogP contribution in [0.1, 0.15) is 10.5 Å². The monoisotopic (exact) mass is 415 g/mol. The van der Waals surface area contributed by atoms with Gasteiger partial charge >= 0.3 is 12.3 Å². The standard InChI is InChI=1S/C19H12F3N5O3/c20-19(21,22)30-13-6-3-11(4-7-13)16-15-2-1-9-27(15)26-18(25-16)24-12-5-8-14(17(28)29)23-10-12/h1-10H,(H,24,26)(H,28,29). The fraction of sp³-hybridized carbons (Fsp3) is 0.0526. The molecule has 1 aromatic carbocycles. The summed E-state index contributed by atoms with van der Waals surface area (Å²) >= 11 is 0. The van der Waals surface area contributed by atoms with Crippen molar-refractivity contribution in [1.29, 1.82) is 0 Å². The summed E-state index contributed by atoms with van der Waals surface area (Å²) in [5.41, 5.74) is 2.03. The number of halogens is 3. The minimum atomic E-state index is -4.77. The van der Waals surface area contributed by atoms with Gasteiger partial charge in [-0.15, -0.1) is 18.3 Å². The van der Waals surface area contributed by atoms with Gasteiger partial charge in [-0.1, -0.05) is 0 Å². The summed E-state index contributed by atoms with van der Waals surface area (Å²) in [7, 11) is 0. The van der Waals surface area contributed by atoms with Crippen LogP contribution in [-0.2, 0) is 0 Å². The van der Waals surface area contributed by atoms with E-state index in [1.165, 1.54) is 42.6 Å². The zero-order chi connectivity index (χ0) is 21.3. The highest BCUT2D eigenvalue weighted by Gasteiger charge is 2.31. The van der Waals surface area contributed by atoms with Crippen LogP contribution in [0.15, 0.2) is 60.9 Å². The van der Waals surface area contributed by atoms with Crippen molar-refractivity contribution in [2.45, 2.75) is 6.36 Å². The van der Waals surface area contributed by atoms with E-state index in [-0.39, 0.29) is 17.4 Å². The summed E-state index contributed by atoms with van der Waals surface area (Å²) in [4.78, 5) is 19.2. The first-order chi connectivity index (χ1) is 14.3. The molecule has 4 rings (SSSR count). The van der Waals surface area contributed by atoms with Crippen LogP contribution in [-0.4, -0.2) is 37.0 Å². The fourth-order valence-corrected chi connectivity index (χ4v) is 2.74. The molecule has 152 valence electrons. The summed E-state index contributed by atoms with van der Waals surface area (Å²) in [6.07, 6.45) is -1.75. The van der Waals surface area contributed by atoms with Gasteiger partial charge in [0.1, 0.15) is 17.1 Å². The molecule has 8 nitrogen and oxygen atoms in total. The van der Waals surface area contributed by atoms with Gasteiger partial charge in [-0.05, 0) is 48.5 Å². The number of nitrogens with one attached hydrogen (secondary N) is 1. The molecule has 0 aliphatic rings. The minimum Gasteiger partial charge on any atom is -0.477 e. The maximum atomic E-state index is 12.4. The number of rotatable bonds is 5. The van der Waals surface area contributed by atoms with Crippen molar-refractivity contribution in [1.82, 2.24) is 19.6 Å². The number of carboxylic acid groups (broad SMARTS) is 1. The van der Waals surface area contributed by atoms with Crippen LogP contribution in [0.5, 0.6) is 5.75 Å². The highest BCUT2D eigenvalue weighted by molar-refractivity contribution is 5.85. The number of carbonyl (C=O) groups is 1. The Hall–Kier alpha value is -4.15. The molecular weight excluding hydrogens is 403 g/mol. The molecule has 0 saturated carbocycles. The molecular formula is C19H12F3N5O3. The number of aromatic nitrogens is 4. The summed E-state index contributed by atoms with van der Waals surface area (Å²) < 4.78 is 42.6. The minimum absolute atomic E-state index is 0.107. The number of fused-ring (bicyclic) bond motifs is 1. The lowest BCUT2D eigenvalue weighted by atomic mass is 10.1. The maximum absolute atomic E-state index is 12.4. The number of carboxylic acids is 1.